The van der Waals surface area contributed by atoms with Crippen molar-refractivity contribution >= 4 is 5.57 Å². The molecule has 2 aromatic rings. The van der Waals surface area contributed by atoms with Crippen LogP contribution in [-0.4, -0.2) is 16.9 Å². The lowest BCUT2D eigenvalue weighted by Crippen LogP contribution is -2.38. The summed E-state index contributed by atoms with van der Waals surface area (Å²) in [5.74, 6) is 0. The molecule has 21 heavy (non-hydrogen) atoms. The average molecular weight is 276 g/mol. The summed E-state index contributed by atoms with van der Waals surface area (Å²) in [7, 11) is 2.13. The maximum atomic E-state index is 4.10. The van der Waals surface area contributed by atoms with Gasteiger partial charge in [-0.25, -0.2) is 0 Å². The third kappa shape index (κ3) is 2.38. The van der Waals surface area contributed by atoms with Crippen LogP contribution in [0.2, 0.25) is 0 Å². The number of aryl methyl sites for hydroxylation is 1. The van der Waals surface area contributed by atoms with Crippen molar-refractivity contribution in [2.75, 3.05) is 7.05 Å². The summed E-state index contributed by atoms with van der Waals surface area (Å²) in [5, 5.41) is 0. The molecule has 3 rings (SSSR count). The highest BCUT2D eigenvalue weighted by atomic mass is 15.2. The Bertz CT molecular complexity index is 701. The van der Waals surface area contributed by atoms with Crippen molar-refractivity contribution in [3.8, 4) is 0 Å². The summed E-state index contributed by atoms with van der Waals surface area (Å²) in [5.41, 5.74) is 4.95. The number of pyridine rings is 1. The Hall–Kier alpha value is -2.35. The smallest absolute Gasteiger partial charge is 0.0811 e. The SMILES string of the molecule is Cc1ccccc1C1(C)C=C(c2ccncc2)C=CN1C. The van der Waals surface area contributed by atoms with E-state index >= 15 is 0 Å². The maximum Gasteiger partial charge on any atom is 0.0811 e. The van der Waals surface area contributed by atoms with E-state index in [0.717, 1.165) is 0 Å². The van der Waals surface area contributed by atoms with E-state index in [4.69, 9.17) is 0 Å². The molecule has 2 nitrogen and oxygen atoms in total. The van der Waals surface area contributed by atoms with Gasteiger partial charge in [0, 0.05) is 25.6 Å². The van der Waals surface area contributed by atoms with Crippen molar-refractivity contribution in [1.29, 1.82) is 0 Å². The highest BCUT2D eigenvalue weighted by Gasteiger charge is 2.31. The molecule has 1 unspecified atom stereocenters. The number of rotatable bonds is 2. The van der Waals surface area contributed by atoms with Crippen LogP contribution in [0.25, 0.3) is 5.57 Å². The van der Waals surface area contributed by atoms with Crippen LogP contribution in [0.1, 0.15) is 23.6 Å². The fraction of sp³-hybridized carbons (Fsp3) is 0.211. The lowest BCUT2D eigenvalue weighted by atomic mass is 9.83. The van der Waals surface area contributed by atoms with Crippen LogP contribution >= 0.6 is 0 Å². The monoisotopic (exact) mass is 276 g/mol. The predicted molar refractivity (Wildman–Crippen MR) is 87.6 cm³/mol. The van der Waals surface area contributed by atoms with Gasteiger partial charge < -0.3 is 4.90 Å². The Kier molecular flexibility index (Phi) is 3.38. The summed E-state index contributed by atoms with van der Waals surface area (Å²) < 4.78 is 0. The van der Waals surface area contributed by atoms with E-state index in [9.17, 15) is 0 Å². The Labute approximate surface area is 126 Å². The zero-order valence-corrected chi connectivity index (χ0v) is 12.7. The number of aromatic nitrogens is 1. The fourth-order valence-corrected chi connectivity index (χ4v) is 2.93. The zero-order chi connectivity index (χ0) is 14.9. The Morgan fingerprint density at radius 1 is 1.05 bits per heavy atom. The van der Waals surface area contributed by atoms with E-state index in [1.807, 2.05) is 12.4 Å². The standard InChI is InChI=1S/C19H20N2/c1-15-6-4-5-7-18(15)19(2)14-17(10-13-21(19)3)16-8-11-20-12-9-16/h4-14H,1-3H3. The zero-order valence-electron chi connectivity index (χ0n) is 12.7. The molecule has 1 atom stereocenters. The van der Waals surface area contributed by atoms with Crippen LogP contribution < -0.4 is 0 Å². The summed E-state index contributed by atoms with van der Waals surface area (Å²) in [6.07, 6.45) is 10.3. The van der Waals surface area contributed by atoms with Crippen molar-refractivity contribution < 1.29 is 0 Å². The molecule has 2 heterocycles. The third-order valence-electron chi connectivity index (χ3n) is 4.35. The molecule has 0 amide bonds. The van der Waals surface area contributed by atoms with Gasteiger partial charge in [-0.15, -0.1) is 0 Å². The van der Waals surface area contributed by atoms with Crippen molar-refractivity contribution in [2.45, 2.75) is 19.4 Å². The average Bonchev–Trinajstić information content (AvgIpc) is 2.51. The molecule has 0 spiro atoms. The number of hydrogen-bond acceptors (Lipinski definition) is 2. The van der Waals surface area contributed by atoms with Crippen LogP contribution in [0, 0.1) is 6.92 Å². The second-order valence-electron chi connectivity index (χ2n) is 5.72. The van der Waals surface area contributed by atoms with Gasteiger partial charge in [-0.05, 0) is 60.4 Å². The fourth-order valence-electron chi connectivity index (χ4n) is 2.93. The van der Waals surface area contributed by atoms with E-state index in [1.54, 1.807) is 0 Å². The topological polar surface area (TPSA) is 16.1 Å². The number of likely N-dealkylation sites (N-methyl/N-ethyl adjacent to an activating group) is 1. The van der Waals surface area contributed by atoms with Crippen molar-refractivity contribution in [2.24, 2.45) is 0 Å². The molecule has 0 N–H and O–H groups in total. The first-order valence-corrected chi connectivity index (χ1v) is 7.22. The van der Waals surface area contributed by atoms with Crippen LogP contribution in [-0.2, 0) is 5.54 Å². The molecular weight excluding hydrogens is 256 g/mol. The summed E-state index contributed by atoms with van der Waals surface area (Å²) in [6.45, 7) is 4.44. The number of benzene rings is 1. The molecule has 0 fully saturated rings. The third-order valence-corrected chi connectivity index (χ3v) is 4.35. The van der Waals surface area contributed by atoms with Crippen molar-refractivity contribution in [1.82, 2.24) is 9.88 Å². The second-order valence-corrected chi connectivity index (χ2v) is 5.72. The van der Waals surface area contributed by atoms with Gasteiger partial charge in [-0.2, -0.15) is 0 Å². The van der Waals surface area contributed by atoms with Gasteiger partial charge in [0.1, 0.15) is 0 Å². The number of hydrogen-bond donors (Lipinski definition) is 0. The molecule has 0 bridgehead atoms. The predicted octanol–water partition coefficient (Wildman–Crippen LogP) is 4.15. The van der Waals surface area contributed by atoms with E-state index in [-0.39, 0.29) is 5.54 Å². The number of allylic oxidation sites excluding steroid dienone is 2. The first-order valence-electron chi connectivity index (χ1n) is 7.22. The quantitative estimate of drug-likeness (QED) is 0.819. The Balaban J connectivity index is 2.11. The van der Waals surface area contributed by atoms with Crippen LogP contribution in [0.3, 0.4) is 0 Å². The molecule has 1 aliphatic rings. The molecule has 2 heteroatoms. The molecule has 1 aliphatic heterocycles. The molecule has 1 aromatic heterocycles. The molecule has 1 aromatic carbocycles. The minimum Gasteiger partial charge on any atom is -0.368 e. The summed E-state index contributed by atoms with van der Waals surface area (Å²) in [4.78, 5) is 6.37. The highest BCUT2D eigenvalue weighted by molar-refractivity contribution is 5.76. The van der Waals surface area contributed by atoms with Gasteiger partial charge in [0.15, 0.2) is 0 Å². The first kappa shape index (κ1) is 13.6. The second kappa shape index (κ2) is 5.21. The lowest BCUT2D eigenvalue weighted by Gasteiger charge is -2.40. The molecule has 106 valence electrons. The molecule has 0 aliphatic carbocycles. The number of nitrogens with zero attached hydrogens (tertiary/aromatic N) is 2. The van der Waals surface area contributed by atoms with Crippen molar-refractivity contribution in [3.63, 3.8) is 0 Å². The van der Waals surface area contributed by atoms with Gasteiger partial charge in [-0.1, -0.05) is 24.3 Å². The first-order chi connectivity index (χ1) is 10.1. The van der Waals surface area contributed by atoms with Crippen LogP contribution in [0.15, 0.2) is 67.1 Å². The van der Waals surface area contributed by atoms with Gasteiger partial charge in [-0.3, -0.25) is 4.98 Å². The summed E-state index contributed by atoms with van der Waals surface area (Å²) >= 11 is 0. The van der Waals surface area contributed by atoms with Crippen molar-refractivity contribution in [3.05, 3.63) is 83.8 Å². The van der Waals surface area contributed by atoms with Gasteiger partial charge in [0.25, 0.3) is 0 Å². The molecule has 0 saturated heterocycles. The van der Waals surface area contributed by atoms with Gasteiger partial charge in [0.05, 0.1) is 5.54 Å². The summed E-state index contributed by atoms with van der Waals surface area (Å²) in [6, 6.07) is 12.7. The lowest BCUT2D eigenvalue weighted by molar-refractivity contribution is 0.262. The molecular formula is C19H20N2. The molecule has 0 radical (unpaired) electrons. The normalized spacial score (nSPS) is 21.3. The van der Waals surface area contributed by atoms with E-state index < -0.39 is 0 Å². The van der Waals surface area contributed by atoms with Gasteiger partial charge in [0.2, 0.25) is 0 Å². The van der Waals surface area contributed by atoms with Crippen LogP contribution in [0.4, 0.5) is 0 Å². The maximum absolute atomic E-state index is 4.10. The largest absolute Gasteiger partial charge is 0.368 e. The van der Waals surface area contributed by atoms with Gasteiger partial charge >= 0.3 is 0 Å². The van der Waals surface area contributed by atoms with E-state index in [1.165, 1.54) is 22.3 Å². The minimum absolute atomic E-state index is 0.140. The van der Waals surface area contributed by atoms with E-state index in [2.05, 4.69) is 85.5 Å². The highest BCUT2D eigenvalue weighted by Crippen LogP contribution is 2.37. The van der Waals surface area contributed by atoms with E-state index in [0.29, 0.717) is 0 Å². The molecule has 0 saturated carbocycles. The Morgan fingerprint density at radius 3 is 2.48 bits per heavy atom. The minimum atomic E-state index is -0.140. The van der Waals surface area contributed by atoms with Crippen LogP contribution in [0.5, 0.6) is 0 Å². The Morgan fingerprint density at radius 2 is 1.76 bits per heavy atom.